The van der Waals surface area contributed by atoms with E-state index in [4.69, 9.17) is 11.5 Å². The van der Waals surface area contributed by atoms with Crippen LogP contribution in [0, 0.1) is 5.92 Å². The highest BCUT2D eigenvalue weighted by molar-refractivity contribution is 5.93. The van der Waals surface area contributed by atoms with Crippen molar-refractivity contribution in [2.45, 2.75) is 64.1 Å². The number of aliphatic carboxylic acids is 1. The van der Waals surface area contributed by atoms with Gasteiger partial charge in [-0.05, 0) is 49.8 Å². The number of hydrogen-bond acceptors (Lipinski definition) is 6. The van der Waals surface area contributed by atoms with E-state index in [0.717, 1.165) is 16.5 Å². The van der Waals surface area contributed by atoms with Gasteiger partial charge in [-0.15, -0.1) is 0 Å². The lowest BCUT2D eigenvalue weighted by Gasteiger charge is -2.22. The summed E-state index contributed by atoms with van der Waals surface area (Å²) in [7, 11) is 0. The van der Waals surface area contributed by atoms with Gasteiger partial charge in [0.25, 0.3) is 0 Å². The van der Waals surface area contributed by atoms with Crippen LogP contribution in [0.15, 0.2) is 30.5 Å². The summed E-state index contributed by atoms with van der Waals surface area (Å²) in [5.74, 6) is -2.62. The Morgan fingerprint density at radius 3 is 2.42 bits per heavy atom. The van der Waals surface area contributed by atoms with Crippen molar-refractivity contribution in [1.29, 1.82) is 0 Å². The number of carbonyl (C=O) groups is 4. The van der Waals surface area contributed by atoms with E-state index in [-0.39, 0.29) is 25.3 Å². The van der Waals surface area contributed by atoms with Gasteiger partial charge in [0.2, 0.25) is 17.7 Å². The fourth-order valence-electron chi connectivity index (χ4n) is 3.91. The first-order chi connectivity index (χ1) is 17.1. The Morgan fingerprint density at radius 2 is 1.75 bits per heavy atom. The normalized spacial score (nSPS) is 13.7. The van der Waals surface area contributed by atoms with E-state index >= 15 is 0 Å². The molecule has 3 amide bonds. The van der Waals surface area contributed by atoms with Crippen LogP contribution in [-0.4, -0.2) is 65.0 Å². The molecular weight excluding hydrogens is 464 g/mol. The SMILES string of the molecule is CC(C)CC(N)C(=O)NCC(=O)NC(Cc1c[nH]c2ccccc12)C(=O)NC(CCCCN)C(=O)O. The lowest BCUT2D eigenvalue weighted by molar-refractivity contribution is -0.142. The molecule has 0 aliphatic heterocycles. The average molecular weight is 503 g/mol. The fraction of sp³-hybridized carbons (Fsp3) is 0.520. The number of nitrogens with one attached hydrogen (secondary N) is 4. The number of H-pyrrole nitrogens is 1. The van der Waals surface area contributed by atoms with Crippen LogP contribution in [0.25, 0.3) is 10.9 Å². The molecule has 2 aromatic rings. The molecule has 11 nitrogen and oxygen atoms in total. The Hall–Kier alpha value is -3.44. The molecule has 9 N–H and O–H groups in total. The van der Waals surface area contributed by atoms with Crippen LogP contribution in [0.2, 0.25) is 0 Å². The number of fused-ring (bicyclic) bond motifs is 1. The minimum atomic E-state index is -1.16. The highest BCUT2D eigenvalue weighted by Gasteiger charge is 2.27. The molecule has 0 spiro atoms. The van der Waals surface area contributed by atoms with Crippen LogP contribution in [0.5, 0.6) is 0 Å². The molecule has 0 aliphatic carbocycles. The largest absolute Gasteiger partial charge is 0.480 e. The molecule has 198 valence electrons. The predicted octanol–water partition coefficient (Wildman–Crippen LogP) is 0.383. The zero-order valence-corrected chi connectivity index (χ0v) is 20.9. The number of rotatable bonds is 15. The molecule has 0 saturated heterocycles. The third-order valence-corrected chi connectivity index (χ3v) is 5.80. The van der Waals surface area contributed by atoms with Crippen LogP contribution in [0.3, 0.4) is 0 Å². The first-order valence-electron chi connectivity index (χ1n) is 12.2. The second kappa shape index (κ2) is 14.2. The summed E-state index contributed by atoms with van der Waals surface area (Å²) in [6.45, 7) is 3.94. The van der Waals surface area contributed by atoms with Gasteiger partial charge in [0.1, 0.15) is 12.1 Å². The number of para-hydroxylation sites is 1. The molecule has 1 heterocycles. The van der Waals surface area contributed by atoms with Crippen LogP contribution < -0.4 is 27.4 Å². The molecule has 0 radical (unpaired) electrons. The summed E-state index contributed by atoms with van der Waals surface area (Å²) in [5, 5.41) is 18.1. The molecule has 3 atom stereocenters. The van der Waals surface area contributed by atoms with Crippen molar-refractivity contribution in [2.75, 3.05) is 13.1 Å². The molecular formula is C25H38N6O5. The average Bonchev–Trinajstić information content (AvgIpc) is 3.23. The summed E-state index contributed by atoms with van der Waals surface area (Å²) in [6.07, 6.45) is 3.73. The first-order valence-corrected chi connectivity index (χ1v) is 12.2. The van der Waals surface area contributed by atoms with Crippen molar-refractivity contribution in [2.24, 2.45) is 17.4 Å². The third kappa shape index (κ3) is 8.97. The van der Waals surface area contributed by atoms with Gasteiger partial charge in [0, 0.05) is 23.5 Å². The number of unbranched alkanes of at least 4 members (excludes halogenated alkanes) is 1. The monoisotopic (exact) mass is 502 g/mol. The quantitative estimate of drug-likeness (QED) is 0.171. The lowest BCUT2D eigenvalue weighted by Crippen LogP contribution is -2.54. The smallest absolute Gasteiger partial charge is 0.326 e. The van der Waals surface area contributed by atoms with Gasteiger partial charge >= 0.3 is 5.97 Å². The standard InChI is InChI=1S/C25H38N6O5/c1-15(2)11-18(27)23(33)29-14-22(32)30-21(12-16-13-28-19-8-4-3-7-17(16)19)24(34)31-20(25(35)36)9-5-6-10-26/h3-4,7-8,13,15,18,20-21,28H,5-6,9-12,14,26-27H2,1-2H3,(H,29,33)(H,30,32)(H,31,34)(H,35,36). The topological polar surface area (TPSA) is 192 Å². The Morgan fingerprint density at radius 1 is 1.03 bits per heavy atom. The number of carboxylic acid groups (broad SMARTS) is 1. The van der Waals surface area contributed by atoms with Crippen LogP contribution >= 0.6 is 0 Å². The molecule has 3 unspecified atom stereocenters. The highest BCUT2D eigenvalue weighted by atomic mass is 16.4. The van der Waals surface area contributed by atoms with Crippen molar-refractivity contribution < 1.29 is 24.3 Å². The summed E-state index contributed by atoms with van der Waals surface area (Å²) in [6, 6.07) is 4.60. The van der Waals surface area contributed by atoms with Gasteiger partial charge in [-0.3, -0.25) is 14.4 Å². The maximum absolute atomic E-state index is 13.1. The predicted molar refractivity (Wildman–Crippen MR) is 137 cm³/mol. The summed E-state index contributed by atoms with van der Waals surface area (Å²) >= 11 is 0. The van der Waals surface area contributed by atoms with Crippen LogP contribution in [-0.2, 0) is 25.6 Å². The van der Waals surface area contributed by atoms with E-state index in [9.17, 15) is 24.3 Å². The lowest BCUT2D eigenvalue weighted by atomic mass is 10.0. The van der Waals surface area contributed by atoms with E-state index in [1.54, 1.807) is 6.20 Å². The summed E-state index contributed by atoms with van der Waals surface area (Å²) in [5.41, 5.74) is 13.0. The molecule has 1 aromatic carbocycles. The summed E-state index contributed by atoms with van der Waals surface area (Å²) in [4.78, 5) is 52.8. The van der Waals surface area contributed by atoms with Crippen LogP contribution in [0.1, 0.15) is 45.1 Å². The first kappa shape index (κ1) is 28.8. The molecule has 1 aromatic heterocycles. The number of nitrogens with two attached hydrogens (primary N) is 2. The summed E-state index contributed by atoms with van der Waals surface area (Å²) < 4.78 is 0. The van der Waals surface area contributed by atoms with E-state index < -0.39 is 41.8 Å². The number of benzene rings is 1. The van der Waals surface area contributed by atoms with Gasteiger partial charge in [0.05, 0.1) is 12.6 Å². The van der Waals surface area contributed by atoms with Crippen molar-refractivity contribution in [3.05, 3.63) is 36.0 Å². The van der Waals surface area contributed by atoms with Gasteiger partial charge in [0.15, 0.2) is 0 Å². The van der Waals surface area contributed by atoms with Crippen LogP contribution in [0.4, 0.5) is 0 Å². The van der Waals surface area contributed by atoms with Gasteiger partial charge in [-0.2, -0.15) is 0 Å². The minimum Gasteiger partial charge on any atom is -0.480 e. The number of carboxylic acids is 1. The second-order valence-electron chi connectivity index (χ2n) is 9.32. The van der Waals surface area contributed by atoms with E-state index in [1.807, 2.05) is 38.1 Å². The third-order valence-electron chi connectivity index (χ3n) is 5.80. The van der Waals surface area contributed by atoms with Gasteiger partial charge < -0.3 is 37.5 Å². The zero-order chi connectivity index (χ0) is 26.7. The van der Waals surface area contributed by atoms with E-state index in [1.165, 1.54) is 0 Å². The van der Waals surface area contributed by atoms with Crippen molar-refractivity contribution >= 4 is 34.6 Å². The molecule has 11 heteroatoms. The number of hydrogen-bond donors (Lipinski definition) is 7. The Balaban J connectivity index is 2.12. The maximum atomic E-state index is 13.1. The van der Waals surface area contributed by atoms with E-state index in [0.29, 0.717) is 25.8 Å². The Labute approximate surface area is 210 Å². The Kier molecular flexibility index (Phi) is 11.4. The second-order valence-corrected chi connectivity index (χ2v) is 9.32. The molecule has 2 rings (SSSR count). The van der Waals surface area contributed by atoms with Crippen molar-refractivity contribution in [3.8, 4) is 0 Å². The highest BCUT2D eigenvalue weighted by Crippen LogP contribution is 2.19. The zero-order valence-electron chi connectivity index (χ0n) is 20.9. The van der Waals surface area contributed by atoms with E-state index in [2.05, 4.69) is 20.9 Å². The molecule has 36 heavy (non-hydrogen) atoms. The molecule has 0 bridgehead atoms. The van der Waals surface area contributed by atoms with Gasteiger partial charge in [-0.1, -0.05) is 32.0 Å². The maximum Gasteiger partial charge on any atom is 0.326 e. The number of carbonyl (C=O) groups excluding carboxylic acids is 3. The fourth-order valence-corrected chi connectivity index (χ4v) is 3.91. The molecule has 0 aliphatic rings. The van der Waals surface area contributed by atoms with Crippen molar-refractivity contribution in [3.63, 3.8) is 0 Å². The molecule has 0 fully saturated rings. The number of aromatic amines is 1. The molecule has 0 saturated carbocycles. The van der Waals surface area contributed by atoms with Gasteiger partial charge in [-0.25, -0.2) is 4.79 Å². The minimum absolute atomic E-state index is 0.123. The Bertz CT molecular complexity index is 1040. The number of amides is 3. The van der Waals surface area contributed by atoms with Crippen molar-refractivity contribution in [1.82, 2.24) is 20.9 Å². The number of aromatic nitrogens is 1.